The lowest BCUT2D eigenvalue weighted by Crippen LogP contribution is -2.06. The average Bonchev–Trinajstić information content (AvgIpc) is 3.07. The van der Waals surface area contributed by atoms with Crippen LogP contribution in [0.1, 0.15) is 130 Å². The van der Waals surface area contributed by atoms with Crippen LogP contribution in [0.3, 0.4) is 0 Å². The molecule has 0 radical (unpaired) electrons. The van der Waals surface area contributed by atoms with Gasteiger partial charge >= 0.3 is 0 Å². The molecule has 4 heteroatoms. The normalized spacial score (nSPS) is 11.4. The van der Waals surface area contributed by atoms with Crippen LogP contribution in [-0.4, -0.2) is 26.1 Å². The molecule has 45 heavy (non-hydrogen) atoms. The van der Waals surface area contributed by atoms with Crippen LogP contribution in [0.25, 0.3) is 24.3 Å². The Kier molecular flexibility index (Phi) is 17.3. The van der Waals surface area contributed by atoms with Crippen LogP contribution in [0.15, 0.2) is 60.7 Å². The van der Waals surface area contributed by atoms with Gasteiger partial charge in [0.05, 0.1) is 19.8 Å². The zero-order valence-electron chi connectivity index (χ0n) is 27.9. The molecule has 0 saturated heterocycles. The molecule has 0 atom stereocenters. The summed E-state index contributed by atoms with van der Waals surface area (Å²) in [5.41, 5.74) is 5.00. The van der Waals surface area contributed by atoms with E-state index in [1.54, 1.807) is 0 Å². The third-order valence-electron chi connectivity index (χ3n) is 7.74. The smallest absolute Gasteiger partial charge is 0.203 e. The van der Waals surface area contributed by atoms with Gasteiger partial charge in [-0.05, 0) is 53.6 Å². The fraction of sp³-hybridized carbons (Fsp3) is 0.439. The predicted molar refractivity (Wildman–Crippen MR) is 191 cm³/mol. The Hall–Kier alpha value is -3.79. The van der Waals surface area contributed by atoms with Crippen LogP contribution in [0, 0.1) is 0 Å². The topological polar surface area (TPSA) is 44.8 Å². The first-order chi connectivity index (χ1) is 22.2. The highest BCUT2D eigenvalue weighted by atomic mass is 16.5. The number of aldehydes is 1. The van der Waals surface area contributed by atoms with Crippen LogP contribution < -0.4 is 14.2 Å². The molecule has 0 fully saturated rings. The molecule has 0 saturated carbocycles. The molecule has 242 valence electrons. The van der Waals surface area contributed by atoms with E-state index in [0.717, 1.165) is 65.1 Å². The summed E-state index contributed by atoms with van der Waals surface area (Å²) in [7, 11) is 0. The molecule has 3 aromatic carbocycles. The predicted octanol–water partition coefficient (Wildman–Crippen LogP) is 11.7. The zero-order chi connectivity index (χ0) is 32.0. The first-order valence-electron chi connectivity index (χ1n) is 17.2. The third-order valence-corrected chi connectivity index (χ3v) is 7.74. The van der Waals surface area contributed by atoms with Gasteiger partial charge in [0.2, 0.25) is 5.75 Å². The maximum atomic E-state index is 10.9. The van der Waals surface area contributed by atoms with Crippen molar-refractivity contribution >= 4 is 30.6 Å². The molecule has 0 bridgehead atoms. The van der Waals surface area contributed by atoms with Crippen LogP contribution in [-0.2, 0) is 0 Å². The molecule has 0 N–H and O–H groups in total. The van der Waals surface area contributed by atoms with E-state index >= 15 is 0 Å². The summed E-state index contributed by atoms with van der Waals surface area (Å²) in [5, 5.41) is 0. The molecule has 0 unspecified atom stereocenters. The molecule has 0 amide bonds. The van der Waals surface area contributed by atoms with E-state index in [0.29, 0.717) is 25.4 Å². The third kappa shape index (κ3) is 13.8. The lowest BCUT2D eigenvalue weighted by molar-refractivity contribution is 0.112. The monoisotopic (exact) mass is 610 g/mol. The summed E-state index contributed by atoms with van der Waals surface area (Å²) < 4.78 is 19.1. The van der Waals surface area contributed by atoms with Gasteiger partial charge in [-0.25, -0.2) is 0 Å². The number of benzene rings is 3. The minimum absolute atomic E-state index is 0.665. The van der Waals surface area contributed by atoms with Crippen molar-refractivity contribution in [3.8, 4) is 17.2 Å². The molecular weight excluding hydrogens is 556 g/mol. The van der Waals surface area contributed by atoms with Crippen LogP contribution in [0.5, 0.6) is 17.2 Å². The highest BCUT2D eigenvalue weighted by Crippen LogP contribution is 2.40. The summed E-state index contributed by atoms with van der Waals surface area (Å²) in [6.07, 6.45) is 23.1. The minimum Gasteiger partial charge on any atom is -0.490 e. The number of carbonyl (C=O) groups is 1. The summed E-state index contributed by atoms with van der Waals surface area (Å²) in [6.45, 7) is 8.69. The zero-order valence-corrected chi connectivity index (χ0v) is 27.9. The van der Waals surface area contributed by atoms with E-state index < -0.39 is 0 Å². The molecule has 0 aromatic heterocycles. The van der Waals surface area contributed by atoms with Crippen LogP contribution in [0.4, 0.5) is 0 Å². The molecule has 0 aliphatic rings. The number of carbonyl (C=O) groups excluding carboxylic acids is 1. The number of rotatable bonds is 23. The van der Waals surface area contributed by atoms with Crippen molar-refractivity contribution in [2.75, 3.05) is 19.8 Å². The summed E-state index contributed by atoms with van der Waals surface area (Å²) in [4.78, 5) is 10.9. The largest absolute Gasteiger partial charge is 0.490 e. The van der Waals surface area contributed by atoms with E-state index in [1.165, 1.54) is 57.8 Å². The molecule has 4 nitrogen and oxygen atoms in total. The summed E-state index contributed by atoms with van der Waals surface area (Å²) in [5.74, 6) is 2.29. The van der Waals surface area contributed by atoms with E-state index in [4.69, 9.17) is 14.2 Å². The first-order valence-corrected chi connectivity index (χ1v) is 17.2. The van der Waals surface area contributed by atoms with E-state index in [-0.39, 0.29) is 0 Å². The second-order valence-electron chi connectivity index (χ2n) is 11.7. The lowest BCUT2D eigenvalue weighted by atomic mass is 10.1. The molecule has 0 spiro atoms. The fourth-order valence-electron chi connectivity index (χ4n) is 4.96. The maximum absolute atomic E-state index is 10.9. The highest BCUT2D eigenvalue weighted by molar-refractivity contribution is 5.77. The molecule has 3 aromatic rings. The first kappa shape index (κ1) is 35.7. The highest BCUT2D eigenvalue weighted by Gasteiger charge is 2.15. The number of unbranched alkanes of at least 4 members (excludes halogenated alkanes) is 9. The van der Waals surface area contributed by atoms with E-state index in [9.17, 15) is 4.79 Å². The van der Waals surface area contributed by atoms with Crippen LogP contribution in [0.2, 0.25) is 0 Å². The standard InChI is InChI=1S/C41H54O4/c1-4-7-10-13-28-43-39-31-38(32-40(44-29-14-11-8-5-2)41(39)45-30-15-12-9-6-3)27-24-35-19-16-34(17-20-35)18-21-36-22-25-37(33-42)26-23-36/h16-27,31-33H,4-15,28-30H2,1-3H3/b21-18+,27-24+. The van der Waals surface area contributed by atoms with Gasteiger partial charge in [0.15, 0.2) is 11.5 Å². The minimum atomic E-state index is 0.665. The molecule has 0 aliphatic carbocycles. The average molecular weight is 611 g/mol. The maximum Gasteiger partial charge on any atom is 0.203 e. The van der Waals surface area contributed by atoms with Gasteiger partial charge in [-0.1, -0.05) is 151 Å². The Balaban J connectivity index is 1.78. The fourth-order valence-corrected chi connectivity index (χ4v) is 4.96. The van der Waals surface area contributed by atoms with Gasteiger partial charge in [0, 0.05) is 5.56 Å². The second kappa shape index (κ2) is 21.8. The van der Waals surface area contributed by atoms with Crippen molar-refractivity contribution in [3.05, 3.63) is 88.5 Å². The second-order valence-corrected chi connectivity index (χ2v) is 11.7. The molecule has 0 aliphatic heterocycles. The van der Waals surface area contributed by atoms with Gasteiger partial charge in [0.1, 0.15) is 6.29 Å². The van der Waals surface area contributed by atoms with Gasteiger partial charge in [-0.3, -0.25) is 4.79 Å². The van der Waals surface area contributed by atoms with Crippen LogP contribution >= 0.6 is 0 Å². The lowest BCUT2D eigenvalue weighted by Gasteiger charge is -2.18. The van der Waals surface area contributed by atoms with Gasteiger partial charge in [0.25, 0.3) is 0 Å². The van der Waals surface area contributed by atoms with Gasteiger partial charge in [-0.2, -0.15) is 0 Å². The van der Waals surface area contributed by atoms with Gasteiger partial charge in [-0.15, -0.1) is 0 Å². The van der Waals surface area contributed by atoms with Crippen molar-refractivity contribution in [2.24, 2.45) is 0 Å². The van der Waals surface area contributed by atoms with E-state index in [1.807, 2.05) is 24.3 Å². The number of ether oxygens (including phenoxy) is 3. The molecular formula is C41H54O4. The Bertz CT molecular complexity index is 1250. The Morgan fingerprint density at radius 3 is 1.18 bits per heavy atom. The quantitative estimate of drug-likeness (QED) is 0.0609. The Labute approximate surface area is 272 Å². The summed E-state index contributed by atoms with van der Waals surface area (Å²) >= 11 is 0. The SMILES string of the molecule is CCCCCCOc1cc(/C=C/c2ccc(/C=C/c3ccc(C=O)cc3)cc2)cc(OCCCCCC)c1OCCCCCC. The summed E-state index contributed by atoms with van der Waals surface area (Å²) in [6, 6.07) is 20.2. The Morgan fingerprint density at radius 2 is 0.800 bits per heavy atom. The Morgan fingerprint density at radius 1 is 0.444 bits per heavy atom. The molecule has 3 rings (SSSR count). The van der Waals surface area contributed by atoms with Crippen molar-refractivity contribution < 1.29 is 19.0 Å². The molecule has 0 heterocycles. The van der Waals surface area contributed by atoms with Crippen molar-refractivity contribution in [2.45, 2.75) is 97.8 Å². The number of hydrogen-bond donors (Lipinski definition) is 0. The van der Waals surface area contributed by atoms with Crippen molar-refractivity contribution in [1.82, 2.24) is 0 Å². The van der Waals surface area contributed by atoms with Crippen molar-refractivity contribution in [3.63, 3.8) is 0 Å². The van der Waals surface area contributed by atoms with E-state index in [2.05, 4.69) is 81.5 Å². The van der Waals surface area contributed by atoms with Gasteiger partial charge < -0.3 is 14.2 Å². The van der Waals surface area contributed by atoms with Crippen molar-refractivity contribution in [1.29, 1.82) is 0 Å². The number of hydrogen-bond acceptors (Lipinski definition) is 4.